The molecule has 57 heavy (non-hydrogen) atoms. The molecule has 0 aromatic carbocycles. The quantitative estimate of drug-likeness (QED) is 0.165. The maximum atomic E-state index is 14.3. The van der Waals surface area contributed by atoms with Crippen LogP contribution in [0.3, 0.4) is 0 Å². The maximum Gasteiger partial charge on any atom is 0.310 e. The van der Waals surface area contributed by atoms with E-state index < -0.39 is 89.5 Å². The van der Waals surface area contributed by atoms with E-state index in [1.54, 1.807) is 27.0 Å². The first kappa shape index (κ1) is 47.1. The molecule has 2 aliphatic carbocycles. The molecule has 4 rings (SSSR count). The van der Waals surface area contributed by atoms with E-state index in [4.69, 9.17) is 23.7 Å². The molecule has 322 valence electrons. The number of carbonyl (C=O) groups excluding carboxylic acids is 4. The Morgan fingerprint density at radius 3 is 2.14 bits per heavy atom. The molecule has 1 saturated heterocycles. The summed E-state index contributed by atoms with van der Waals surface area (Å²) in [5.41, 5.74) is 1.63. The summed E-state index contributed by atoms with van der Waals surface area (Å²) in [6, 6.07) is 0. The van der Waals surface area contributed by atoms with Crippen molar-refractivity contribution >= 4 is 23.3 Å². The van der Waals surface area contributed by atoms with E-state index >= 15 is 0 Å². The number of esters is 1. The first-order valence-electron chi connectivity index (χ1n) is 21.1. The standard InChI is InChI=1S/C45H70O12/c1-10-13-31-19-25(2)18-26(3)20-38(54-8)42-39(55-9)22-28(5)45(52,57-42)43(50)40(49)32-14-11-12-15-33(32)44(51)56-41(29(6)35(47)24-36(31)48)27(4)21-30-16-17-34(46)37(23-30)53-7/h10,19,21,26,28-35,37-39,41-42,46-47,52H,1,11-18,20,22-24H2,2-9H3/b25-19-,27-21+/t26-,28+,29+,30-,31+,32?,33+,34+,35-,37+,38-,39-,41+,42+,45+/m0/s1. The van der Waals surface area contributed by atoms with E-state index in [1.807, 2.05) is 32.9 Å². The van der Waals surface area contributed by atoms with Crippen LogP contribution >= 0.6 is 0 Å². The number of methoxy groups -OCH3 is 3. The first-order valence-corrected chi connectivity index (χ1v) is 21.1. The summed E-state index contributed by atoms with van der Waals surface area (Å²) < 4.78 is 29.8. The summed E-state index contributed by atoms with van der Waals surface area (Å²) in [5.74, 6) is -9.35. The van der Waals surface area contributed by atoms with E-state index in [-0.39, 0.29) is 43.0 Å². The summed E-state index contributed by atoms with van der Waals surface area (Å²) >= 11 is 0. The minimum absolute atomic E-state index is 0.000244. The van der Waals surface area contributed by atoms with Gasteiger partial charge in [0.15, 0.2) is 0 Å². The van der Waals surface area contributed by atoms with Gasteiger partial charge in [-0.2, -0.15) is 0 Å². The maximum absolute atomic E-state index is 14.3. The Hall–Kier alpha value is -2.58. The Bertz CT molecular complexity index is 1470. The van der Waals surface area contributed by atoms with Gasteiger partial charge in [-0.25, -0.2) is 0 Å². The van der Waals surface area contributed by atoms with Crippen LogP contribution in [0.2, 0.25) is 0 Å². The lowest BCUT2D eigenvalue weighted by Gasteiger charge is -2.46. The second kappa shape index (κ2) is 21.1. The molecule has 2 heterocycles. The molecule has 3 N–H and O–H groups in total. The Morgan fingerprint density at radius 2 is 1.51 bits per heavy atom. The topological polar surface area (TPSA) is 175 Å². The molecular weight excluding hydrogens is 732 g/mol. The Balaban J connectivity index is 1.78. The smallest absolute Gasteiger partial charge is 0.310 e. The third kappa shape index (κ3) is 11.4. The molecule has 0 aromatic rings. The minimum atomic E-state index is -2.47. The van der Waals surface area contributed by atoms with Crippen molar-refractivity contribution in [3.63, 3.8) is 0 Å². The lowest BCUT2D eigenvalue weighted by atomic mass is 9.73. The van der Waals surface area contributed by atoms with Gasteiger partial charge in [-0.15, -0.1) is 6.58 Å². The van der Waals surface area contributed by atoms with Crippen LogP contribution in [0.4, 0.5) is 0 Å². The normalized spacial score (nSPS) is 42.2. The van der Waals surface area contributed by atoms with Crippen molar-refractivity contribution < 1.29 is 58.2 Å². The highest BCUT2D eigenvalue weighted by molar-refractivity contribution is 6.41. The zero-order chi connectivity index (χ0) is 42.2. The molecule has 2 aliphatic heterocycles. The zero-order valence-corrected chi connectivity index (χ0v) is 35.5. The van der Waals surface area contributed by atoms with Crippen LogP contribution in [0.5, 0.6) is 0 Å². The summed E-state index contributed by atoms with van der Waals surface area (Å²) in [6.07, 6.45) is 5.57. The number of allylic oxidation sites excluding steroid dienone is 4. The summed E-state index contributed by atoms with van der Waals surface area (Å²) in [5, 5.41) is 34.2. The van der Waals surface area contributed by atoms with E-state index in [2.05, 4.69) is 6.58 Å². The Kier molecular flexibility index (Phi) is 17.4. The fourth-order valence-electron chi connectivity index (χ4n) is 9.80. The van der Waals surface area contributed by atoms with Crippen molar-refractivity contribution in [1.29, 1.82) is 0 Å². The van der Waals surface area contributed by atoms with Crippen LogP contribution < -0.4 is 0 Å². The molecule has 0 radical (unpaired) electrons. The molecule has 15 atom stereocenters. The van der Waals surface area contributed by atoms with Crippen LogP contribution in [-0.2, 0) is 42.9 Å². The highest BCUT2D eigenvalue weighted by Crippen LogP contribution is 2.41. The van der Waals surface area contributed by atoms with Crippen molar-refractivity contribution in [3.05, 3.63) is 36.0 Å². The molecule has 1 unspecified atom stereocenters. The molecule has 0 amide bonds. The predicted molar refractivity (Wildman–Crippen MR) is 214 cm³/mol. The molecule has 3 fully saturated rings. The zero-order valence-electron chi connectivity index (χ0n) is 35.5. The van der Waals surface area contributed by atoms with Crippen molar-refractivity contribution in [2.45, 2.75) is 160 Å². The number of Topliss-reactive ketones (excluding diaryl/α,β-unsaturated/α-hetero) is 3. The summed E-state index contributed by atoms with van der Waals surface area (Å²) in [6.45, 7) is 13.1. The van der Waals surface area contributed by atoms with Gasteiger partial charge in [-0.3, -0.25) is 19.2 Å². The second-order valence-corrected chi connectivity index (χ2v) is 17.6. The van der Waals surface area contributed by atoms with E-state index in [1.165, 1.54) is 14.2 Å². The number of fused-ring (bicyclic) bond motifs is 3. The Morgan fingerprint density at radius 1 is 0.877 bits per heavy atom. The van der Waals surface area contributed by atoms with Gasteiger partial charge in [0.2, 0.25) is 11.6 Å². The van der Waals surface area contributed by atoms with Crippen LogP contribution in [0.1, 0.15) is 112 Å². The van der Waals surface area contributed by atoms with Crippen LogP contribution in [0.15, 0.2) is 36.0 Å². The highest BCUT2D eigenvalue weighted by Gasteiger charge is 2.57. The molecular formula is C45H70O12. The van der Waals surface area contributed by atoms with E-state index in [0.717, 1.165) is 5.57 Å². The number of hydrogen-bond acceptors (Lipinski definition) is 12. The SMILES string of the molecule is C=CC[C@@H]1/C=C(/C)C[C@H](C)C[C@H](OC)[C@H]2O[C@@](O)(C(=O)C(=O)C3CCCC[C@H]3C(=O)O[C@H](/C(C)=C/[C@@H]3CC[C@@H](O)[C@H](OC)C3)[C@H](C)[C@@H](O)CC1=O)[C@H](C)C[C@@H]2OC. The molecule has 2 saturated carbocycles. The monoisotopic (exact) mass is 802 g/mol. The van der Waals surface area contributed by atoms with Gasteiger partial charge in [0.25, 0.3) is 5.78 Å². The fraction of sp³-hybridized carbons (Fsp3) is 0.778. The van der Waals surface area contributed by atoms with Crippen molar-refractivity contribution in [2.24, 2.45) is 41.4 Å². The molecule has 4 aliphatic rings. The predicted octanol–water partition coefficient (Wildman–Crippen LogP) is 5.63. The number of carbonyl (C=O) groups is 4. The number of rotatable bonds is 7. The molecule has 12 heteroatoms. The van der Waals surface area contributed by atoms with Gasteiger partial charge in [0.1, 0.15) is 18.0 Å². The lowest BCUT2D eigenvalue weighted by Crippen LogP contribution is -2.62. The number of hydrogen-bond donors (Lipinski definition) is 3. The van der Waals surface area contributed by atoms with Gasteiger partial charge in [-0.1, -0.05) is 57.4 Å². The molecule has 0 aromatic heterocycles. The number of aliphatic hydroxyl groups is 3. The van der Waals surface area contributed by atoms with Crippen molar-refractivity contribution in [3.8, 4) is 0 Å². The van der Waals surface area contributed by atoms with Crippen LogP contribution in [0, 0.1) is 41.4 Å². The third-order valence-corrected chi connectivity index (χ3v) is 13.3. The van der Waals surface area contributed by atoms with Gasteiger partial charge in [0, 0.05) is 51.4 Å². The summed E-state index contributed by atoms with van der Waals surface area (Å²) in [4.78, 5) is 56.8. The number of ether oxygens (including phenoxy) is 5. The van der Waals surface area contributed by atoms with Crippen LogP contribution in [0.25, 0.3) is 0 Å². The number of cyclic esters (lactones) is 1. The van der Waals surface area contributed by atoms with E-state index in [0.29, 0.717) is 63.4 Å². The van der Waals surface area contributed by atoms with Crippen molar-refractivity contribution in [1.82, 2.24) is 0 Å². The average Bonchev–Trinajstić information content (AvgIpc) is 3.18. The molecule has 2 bridgehead atoms. The number of ketones is 3. The number of aliphatic hydroxyl groups excluding tert-OH is 2. The average molecular weight is 803 g/mol. The largest absolute Gasteiger partial charge is 0.457 e. The first-order chi connectivity index (χ1) is 27.0. The second-order valence-electron chi connectivity index (χ2n) is 17.6. The van der Waals surface area contributed by atoms with Gasteiger partial charge in [0.05, 0.1) is 36.4 Å². The van der Waals surface area contributed by atoms with Gasteiger partial charge >= 0.3 is 5.97 Å². The van der Waals surface area contributed by atoms with E-state index in [9.17, 15) is 34.5 Å². The minimum Gasteiger partial charge on any atom is -0.457 e. The van der Waals surface area contributed by atoms with Gasteiger partial charge < -0.3 is 39.0 Å². The highest BCUT2D eigenvalue weighted by atomic mass is 16.7. The van der Waals surface area contributed by atoms with Gasteiger partial charge in [-0.05, 0) is 89.0 Å². The van der Waals surface area contributed by atoms with Crippen LogP contribution in [-0.4, -0.2) is 108 Å². The Labute approximate surface area is 339 Å². The lowest BCUT2D eigenvalue weighted by molar-refractivity contribution is -0.302. The molecule has 12 nitrogen and oxygen atoms in total. The third-order valence-electron chi connectivity index (χ3n) is 13.3. The summed E-state index contributed by atoms with van der Waals surface area (Å²) in [7, 11) is 4.63. The fourth-order valence-corrected chi connectivity index (χ4v) is 9.80. The molecule has 0 spiro atoms. The van der Waals surface area contributed by atoms with Crippen molar-refractivity contribution in [2.75, 3.05) is 21.3 Å².